The van der Waals surface area contributed by atoms with Crippen LogP contribution in [0.15, 0.2) is 51.9 Å². The number of rotatable bonds is 4. The third-order valence-corrected chi connectivity index (χ3v) is 4.78. The number of hydrogen-bond acceptors (Lipinski definition) is 6. The summed E-state index contributed by atoms with van der Waals surface area (Å²) in [6.07, 6.45) is 1.26. The molecule has 1 saturated heterocycles. The van der Waals surface area contributed by atoms with Gasteiger partial charge in [0.25, 0.3) is 5.91 Å². The zero-order valence-corrected chi connectivity index (χ0v) is 16.0. The lowest BCUT2D eigenvalue weighted by Gasteiger charge is -2.28. The molecule has 0 aliphatic carbocycles. The molecule has 9 heteroatoms. The van der Waals surface area contributed by atoms with Crippen molar-refractivity contribution in [3.8, 4) is 11.5 Å². The predicted molar refractivity (Wildman–Crippen MR) is 103 cm³/mol. The first-order valence-electron chi connectivity index (χ1n) is 8.36. The maximum absolute atomic E-state index is 12.7. The van der Waals surface area contributed by atoms with Crippen molar-refractivity contribution < 1.29 is 23.9 Å². The van der Waals surface area contributed by atoms with E-state index in [1.807, 2.05) is 6.07 Å². The molecule has 4 rings (SSSR count). The largest absolute Gasteiger partial charge is 0.454 e. The van der Waals surface area contributed by atoms with Crippen molar-refractivity contribution in [1.82, 2.24) is 5.32 Å². The molecule has 8 nitrogen and oxygen atoms in total. The number of carbonyl (C=O) groups is 3. The van der Waals surface area contributed by atoms with E-state index in [1.165, 1.54) is 6.21 Å². The van der Waals surface area contributed by atoms with Crippen LogP contribution < -0.4 is 19.7 Å². The van der Waals surface area contributed by atoms with E-state index < -0.39 is 23.8 Å². The number of benzene rings is 2. The Balaban J connectivity index is 1.50. The standard InChI is InChI=1S/C19H14BrN3O5/c20-12-2-4-13(5-3-12)23-18(25)14(17(24)22-19(23)26)9-21-8-11-1-6-15-16(7-11)28-10-27-15/h1-7,9,14H,8,10H2,(H,22,24,26)/t14-/m0/s1. The van der Waals surface area contributed by atoms with Crippen LogP contribution in [0.25, 0.3) is 0 Å². The van der Waals surface area contributed by atoms with E-state index >= 15 is 0 Å². The molecule has 142 valence electrons. The molecule has 2 aliphatic rings. The van der Waals surface area contributed by atoms with Crippen LogP contribution in [0, 0.1) is 5.92 Å². The van der Waals surface area contributed by atoms with Gasteiger partial charge in [-0.3, -0.25) is 19.9 Å². The van der Waals surface area contributed by atoms with Gasteiger partial charge in [-0.05, 0) is 42.0 Å². The number of amides is 4. The van der Waals surface area contributed by atoms with E-state index in [2.05, 4.69) is 26.2 Å². The molecule has 28 heavy (non-hydrogen) atoms. The second-order valence-corrected chi connectivity index (χ2v) is 7.02. The van der Waals surface area contributed by atoms with Crippen molar-refractivity contribution in [1.29, 1.82) is 0 Å². The van der Waals surface area contributed by atoms with Crippen molar-refractivity contribution in [2.75, 3.05) is 11.7 Å². The fourth-order valence-corrected chi connectivity index (χ4v) is 3.12. The molecule has 0 bridgehead atoms. The maximum Gasteiger partial charge on any atom is 0.335 e. The van der Waals surface area contributed by atoms with E-state index in [9.17, 15) is 14.4 Å². The molecule has 2 aromatic carbocycles. The Hall–Kier alpha value is -3.20. The van der Waals surface area contributed by atoms with Gasteiger partial charge >= 0.3 is 6.03 Å². The molecule has 0 saturated carbocycles. The molecular formula is C19H14BrN3O5. The van der Waals surface area contributed by atoms with Crippen LogP contribution in [0.2, 0.25) is 0 Å². The van der Waals surface area contributed by atoms with E-state index in [4.69, 9.17) is 9.47 Å². The Morgan fingerprint density at radius 1 is 1.11 bits per heavy atom. The van der Waals surface area contributed by atoms with E-state index in [0.29, 0.717) is 17.2 Å². The van der Waals surface area contributed by atoms with E-state index in [0.717, 1.165) is 14.9 Å². The number of fused-ring (bicyclic) bond motifs is 1. The number of nitrogens with one attached hydrogen (secondary N) is 1. The number of nitrogens with zero attached hydrogens (tertiary/aromatic N) is 2. The summed E-state index contributed by atoms with van der Waals surface area (Å²) in [4.78, 5) is 42.1. The number of urea groups is 1. The Labute approximate surface area is 168 Å². The molecule has 1 N–H and O–H groups in total. The summed E-state index contributed by atoms with van der Waals surface area (Å²) >= 11 is 3.30. The van der Waals surface area contributed by atoms with Gasteiger partial charge in [0.15, 0.2) is 17.4 Å². The Morgan fingerprint density at radius 2 is 1.86 bits per heavy atom. The van der Waals surface area contributed by atoms with Crippen LogP contribution >= 0.6 is 15.9 Å². The van der Waals surface area contributed by atoms with Gasteiger partial charge in [-0.1, -0.05) is 22.0 Å². The number of imide groups is 2. The molecule has 0 aromatic heterocycles. The molecule has 2 heterocycles. The minimum atomic E-state index is -1.18. The molecule has 4 amide bonds. The van der Waals surface area contributed by atoms with Crippen LogP contribution in [0.1, 0.15) is 5.56 Å². The fourth-order valence-electron chi connectivity index (χ4n) is 2.86. The van der Waals surface area contributed by atoms with Gasteiger partial charge in [-0.2, -0.15) is 0 Å². The van der Waals surface area contributed by atoms with Crippen molar-refractivity contribution in [3.05, 3.63) is 52.5 Å². The fraction of sp³-hybridized carbons (Fsp3) is 0.158. The average molecular weight is 444 g/mol. The summed E-state index contributed by atoms with van der Waals surface area (Å²) in [7, 11) is 0. The van der Waals surface area contributed by atoms with Gasteiger partial charge in [-0.25, -0.2) is 9.69 Å². The van der Waals surface area contributed by atoms with Gasteiger partial charge in [-0.15, -0.1) is 0 Å². The molecule has 0 spiro atoms. The molecule has 1 atom stereocenters. The Morgan fingerprint density at radius 3 is 2.64 bits per heavy atom. The highest BCUT2D eigenvalue weighted by molar-refractivity contribution is 9.10. The highest BCUT2D eigenvalue weighted by atomic mass is 79.9. The first-order chi connectivity index (χ1) is 13.5. The highest BCUT2D eigenvalue weighted by Gasteiger charge is 2.40. The summed E-state index contributed by atoms with van der Waals surface area (Å²) in [6, 6.07) is 11.2. The number of halogens is 1. The summed E-state index contributed by atoms with van der Waals surface area (Å²) in [6.45, 7) is 0.429. The SMILES string of the molecule is O=C1NC(=O)N(c2ccc(Br)cc2)C(=O)[C@H]1C=NCc1ccc2c(c1)OCO2. The van der Waals surface area contributed by atoms with Crippen molar-refractivity contribution in [2.24, 2.45) is 10.9 Å². The minimum Gasteiger partial charge on any atom is -0.454 e. The lowest BCUT2D eigenvalue weighted by Crippen LogP contribution is -2.58. The Bertz CT molecular complexity index is 990. The Kier molecular flexibility index (Phi) is 4.82. The molecule has 2 aliphatic heterocycles. The summed E-state index contributed by atoms with van der Waals surface area (Å²) < 4.78 is 11.4. The van der Waals surface area contributed by atoms with Crippen LogP contribution in [0.3, 0.4) is 0 Å². The number of carbonyl (C=O) groups excluding carboxylic acids is 3. The first-order valence-corrected chi connectivity index (χ1v) is 9.15. The first kappa shape index (κ1) is 18.2. The van der Waals surface area contributed by atoms with Gasteiger partial charge < -0.3 is 9.47 Å². The van der Waals surface area contributed by atoms with Crippen molar-refractivity contribution in [3.63, 3.8) is 0 Å². The number of anilines is 1. The minimum absolute atomic E-state index is 0.179. The van der Waals surface area contributed by atoms with E-state index in [1.54, 1.807) is 36.4 Å². The molecule has 2 aromatic rings. The smallest absolute Gasteiger partial charge is 0.335 e. The molecule has 0 unspecified atom stereocenters. The van der Waals surface area contributed by atoms with Gasteiger partial charge in [0.2, 0.25) is 12.7 Å². The maximum atomic E-state index is 12.7. The van der Waals surface area contributed by atoms with Crippen molar-refractivity contribution in [2.45, 2.75) is 6.54 Å². The molecular weight excluding hydrogens is 430 g/mol. The monoisotopic (exact) mass is 443 g/mol. The van der Waals surface area contributed by atoms with Gasteiger partial charge in [0, 0.05) is 10.7 Å². The second-order valence-electron chi connectivity index (χ2n) is 6.10. The quantitative estimate of drug-likeness (QED) is 0.578. The van der Waals surface area contributed by atoms with Crippen LogP contribution in [-0.2, 0) is 16.1 Å². The van der Waals surface area contributed by atoms with Gasteiger partial charge in [0.05, 0.1) is 12.2 Å². The zero-order chi connectivity index (χ0) is 19.7. The average Bonchev–Trinajstić information content (AvgIpc) is 3.13. The number of aliphatic imine (C=N–C) groups is 1. The van der Waals surface area contributed by atoms with E-state index in [-0.39, 0.29) is 13.3 Å². The van der Waals surface area contributed by atoms with Gasteiger partial charge in [0.1, 0.15) is 0 Å². The third kappa shape index (κ3) is 3.48. The highest BCUT2D eigenvalue weighted by Crippen LogP contribution is 2.32. The van der Waals surface area contributed by atoms with Crippen molar-refractivity contribution >= 4 is 45.7 Å². The summed E-state index contributed by atoms with van der Waals surface area (Å²) in [5, 5.41) is 2.19. The molecule has 0 radical (unpaired) electrons. The predicted octanol–water partition coefficient (Wildman–Crippen LogP) is 2.65. The summed E-state index contributed by atoms with van der Waals surface area (Å²) in [5.74, 6) is -1.23. The zero-order valence-electron chi connectivity index (χ0n) is 14.4. The lowest BCUT2D eigenvalue weighted by molar-refractivity contribution is -0.131. The normalized spacial score (nSPS) is 18.7. The summed E-state index contributed by atoms with van der Waals surface area (Å²) in [5.41, 5.74) is 1.21. The molecule has 1 fully saturated rings. The number of ether oxygens (including phenoxy) is 2. The van der Waals surface area contributed by atoms with Crippen LogP contribution in [0.4, 0.5) is 10.5 Å². The lowest BCUT2D eigenvalue weighted by atomic mass is 10.1. The topological polar surface area (TPSA) is 97.3 Å². The number of barbiturate groups is 1. The second kappa shape index (κ2) is 7.43. The van der Waals surface area contributed by atoms with Crippen LogP contribution in [-0.4, -0.2) is 30.9 Å². The van der Waals surface area contributed by atoms with Crippen LogP contribution in [0.5, 0.6) is 11.5 Å². The third-order valence-electron chi connectivity index (χ3n) is 4.25. The number of hydrogen-bond donors (Lipinski definition) is 1.